The van der Waals surface area contributed by atoms with Crippen LogP contribution in [0.3, 0.4) is 0 Å². The lowest BCUT2D eigenvalue weighted by Crippen LogP contribution is -2.15. The fourth-order valence-electron chi connectivity index (χ4n) is 2.30. The first-order chi connectivity index (χ1) is 10.6. The van der Waals surface area contributed by atoms with Gasteiger partial charge in [-0.15, -0.1) is 0 Å². The highest BCUT2D eigenvalue weighted by Gasteiger charge is 2.31. The summed E-state index contributed by atoms with van der Waals surface area (Å²) in [6.45, 7) is 6.13. The van der Waals surface area contributed by atoms with Crippen LogP contribution in [0.25, 0.3) is 5.82 Å². The second-order valence-electron chi connectivity index (χ2n) is 6.43. The van der Waals surface area contributed by atoms with Crippen molar-refractivity contribution in [3.05, 3.63) is 41.3 Å². The van der Waals surface area contributed by atoms with E-state index in [-0.39, 0.29) is 12.0 Å². The Bertz CT molecular complexity index is 655. The highest BCUT2D eigenvalue weighted by molar-refractivity contribution is 5.31. The fraction of sp³-hybridized carbons (Fsp3) is 0.500. The quantitative estimate of drug-likeness (QED) is 0.935. The average Bonchev–Trinajstić information content (AvgIpc) is 2.88. The van der Waals surface area contributed by atoms with E-state index in [1.54, 1.807) is 6.20 Å². The molecule has 2 rings (SSSR count). The number of nitrogens with zero attached hydrogens (tertiary/aromatic N) is 3. The normalized spacial score (nSPS) is 12.7. The molecule has 126 valence electrons. The molecule has 0 aromatic carbocycles. The summed E-state index contributed by atoms with van der Waals surface area (Å²) in [7, 11) is 0. The number of halogens is 3. The van der Waals surface area contributed by atoms with Crippen LogP contribution in [-0.2, 0) is 18.0 Å². The molecule has 0 unspecified atom stereocenters. The number of rotatable bonds is 4. The van der Waals surface area contributed by atoms with Crippen LogP contribution in [0.15, 0.2) is 24.5 Å². The van der Waals surface area contributed by atoms with Crippen molar-refractivity contribution in [1.82, 2.24) is 14.8 Å². The Morgan fingerprint density at radius 3 is 2.35 bits per heavy atom. The Kier molecular flexibility index (Phi) is 4.79. The molecule has 2 aromatic heterocycles. The highest BCUT2D eigenvalue weighted by atomic mass is 19.4. The molecule has 0 aliphatic heterocycles. The third kappa shape index (κ3) is 4.10. The summed E-state index contributed by atoms with van der Waals surface area (Å²) in [6, 6.07) is 2.30. The SMILES string of the molecule is CC(C)(C)c1nn(-c2ccc(C(F)(F)F)cn2)cc1CCCO. The second-order valence-corrected chi connectivity index (χ2v) is 6.43. The number of alkyl halides is 3. The van der Waals surface area contributed by atoms with Crippen molar-refractivity contribution in [2.75, 3.05) is 6.61 Å². The smallest absolute Gasteiger partial charge is 0.396 e. The molecule has 0 bridgehead atoms. The van der Waals surface area contributed by atoms with E-state index in [4.69, 9.17) is 5.11 Å². The van der Waals surface area contributed by atoms with Crippen LogP contribution >= 0.6 is 0 Å². The second kappa shape index (κ2) is 6.31. The number of pyridine rings is 1. The molecule has 0 saturated carbocycles. The molecule has 4 nitrogen and oxygen atoms in total. The topological polar surface area (TPSA) is 50.9 Å². The Morgan fingerprint density at radius 2 is 1.87 bits per heavy atom. The largest absolute Gasteiger partial charge is 0.417 e. The maximum absolute atomic E-state index is 12.6. The zero-order valence-electron chi connectivity index (χ0n) is 13.4. The summed E-state index contributed by atoms with van der Waals surface area (Å²) < 4.78 is 39.3. The molecular weight excluding hydrogens is 307 g/mol. The Balaban J connectivity index is 2.38. The summed E-state index contributed by atoms with van der Waals surface area (Å²) in [5, 5.41) is 13.5. The molecule has 2 heterocycles. The first kappa shape index (κ1) is 17.5. The minimum absolute atomic E-state index is 0.0767. The van der Waals surface area contributed by atoms with Crippen LogP contribution in [-0.4, -0.2) is 26.5 Å². The van der Waals surface area contributed by atoms with Gasteiger partial charge in [0.05, 0.1) is 11.3 Å². The van der Waals surface area contributed by atoms with Crippen LogP contribution in [0.1, 0.15) is 44.0 Å². The van der Waals surface area contributed by atoms with Gasteiger partial charge in [0.1, 0.15) is 0 Å². The molecule has 0 amide bonds. The van der Waals surface area contributed by atoms with Gasteiger partial charge < -0.3 is 5.11 Å². The van der Waals surface area contributed by atoms with Gasteiger partial charge in [0.25, 0.3) is 0 Å². The summed E-state index contributed by atoms with van der Waals surface area (Å²) in [6.07, 6.45) is -0.565. The van der Waals surface area contributed by atoms with E-state index in [2.05, 4.69) is 10.1 Å². The zero-order valence-corrected chi connectivity index (χ0v) is 13.4. The van der Waals surface area contributed by atoms with Gasteiger partial charge in [0, 0.05) is 24.4 Å². The first-order valence-corrected chi connectivity index (χ1v) is 7.36. The van der Waals surface area contributed by atoms with Crippen molar-refractivity contribution >= 4 is 0 Å². The monoisotopic (exact) mass is 327 g/mol. The number of aryl methyl sites for hydroxylation is 1. The molecule has 0 aliphatic carbocycles. The standard InChI is InChI=1S/C16H20F3N3O/c1-15(2,3)14-11(5-4-8-23)10-22(21-14)13-7-6-12(9-20-13)16(17,18)19/h6-7,9-10,23H,4-5,8H2,1-3H3. The number of aliphatic hydroxyl groups excluding tert-OH is 1. The molecule has 0 radical (unpaired) electrons. The van der Waals surface area contributed by atoms with E-state index in [9.17, 15) is 13.2 Å². The Hall–Kier alpha value is -1.89. The van der Waals surface area contributed by atoms with E-state index < -0.39 is 11.7 Å². The minimum Gasteiger partial charge on any atom is -0.396 e. The van der Waals surface area contributed by atoms with Crippen molar-refractivity contribution in [2.24, 2.45) is 0 Å². The van der Waals surface area contributed by atoms with Gasteiger partial charge in [-0.3, -0.25) is 0 Å². The van der Waals surface area contributed by atoms with Gasteiger partial charge in [-0.05, 0) is 30.5 Å². The maximum atomic E-state index is 12.6. The molecule has 0 fully saturated rings. The molecule has 0 saturated heterocycles. The van der Waals surface area contributed by atoms with E-state index in [0.29, 0.717) is 18.7 Å². The van der Waals surface area contributed by atoms with Crippen LogP contribution in [0.4, 0.5) is 13.2 Å². The summed E-state index contributed by atoms with van der Waals surface area (Å²) in [5.74, 6) is 0.332. The van der Waals surface area contributed by atoms with E-state index >= 15 is 0 Å². The van der Waals surface area contributed by atoms with Crippen molar-refractivity contribution in [1.29, 1.82) is 0 Å². The first-order valence-electron chi connectivity index (χ1n) is 7.36. The molecule has 1 N–H and O–H groups in total. The lowest BCUT2D eigenvalue weighted by atomic mass is 9.88. The van der Waals surface area contributed by atoms with Crippen LogP contribution in [0.2, 0.25) is 0 Å². The predicted molar refractivity (Wildman–Crippen MR) is 80.5 cm³/mol. The number of hydrogen-bond donors (Lipinski definition) is 1. The number of aromatic nitrogens is 3. The zero-order chi connectivity index (χ0) is 17.3. The maximum Gasteiger partial charge on any atom is 0.417 e. The third-order valence-corrected chi connectivity index (χ3v) is 3.41. The number of aliphatic hydroxyl groups is 1. The van der Waals surface area contributed by atoms with E-state index in [1.165, 1.54) is 10.7 Å². The van der Waals surface area contributed by atoms with Crippen molar-refractivity contribution in [3.63, 3.8) is 0 Å². The Labute approximate surface area is 133 Å². The van der Waals surface area contributed by atoms with Crippen molar-refractivity contribution in [3.8, 4) is 5.82 Å². The van der Waals surface area contributed by atoms with Gasteiger partial charge in [-0.2, -0.15) is 18.3 Å². The predicted octanol–water partition coefficient (Wildman–Crippen LogP) is 3.51. The molecule has 0 spiro atoms. The van der Waals surface area contributed by atoms with Crippen molar-refractivity contribution in [2.45, 2.75) is 45.2 Å². The molecular formula is C16H20F3N3O. The number of hydrogen-bond acceptors (Lipinski definition) is 3. The summed E-state index contributed by atoms with van der Waals surface area (Å²) in [5.41, 5.74) is 0.827. The van der Waals surface area contributed by atoms with E-state index in [1.807, 2.05) is 20.8 Å². The third-order valence-electron chi connectivity index (χ3n) is 3.41. The molecule has 0 atom stereocenters. The fourth-order valence-corrected chi connectivity index (χ4v) is 2.30. The van der Waals surface area contributed by atoms with Crippen LogP contribution in [0.5, 0.6) is 0 Å². The van der Waals surface area contributed by atoms with Crippen LogP contribution in [0, 0.1) is 0 Å². The highest BCUT2D eigenvalue weighted by Crippen LogP contribution is 2.29. The van der Waals surface area contributed by atoms with Gasteiger partial charge in [-0.1, -0.05) is 20.8 Å². The van der Waals surface area contributed by atoms with E-state index in [0.717, 1.165) is 23.5 Å². The minimum atomic E-state index is -4.40. The lowest BCUT2D eigenvalue weighted by Gasteiger charge is -2.17. The Morgan fingerprint density at radius 1 is 1.17 bits per heavy atom. The molecule has 0 aliphatic rings. The average molecular weight is 327 g/mol. The molecule has 23 heavy (non-hydrogen) atoms. The van der Waals surface area contributed by atoms with Gasteiger partial charge >= 0.3 is 6.18 Å². The lowest BCUT2D eigenvalue weighted by molar-refractivity contribution is -0.137. The summed E-state index contributed by atoms with van der Waals surface area (Å²) >= 11 is 0. The molecule has 2 aromatic rings. The summed E-state index contributed by atoms with van der Waals surface area (Å²) in [4.78, 5) is 3.86. The van der Waals surface area contributed by atoms with Gasteiger partial charge in [0.2, 0.25) is 0 Å². The molecule has 7 heteroatoms. The van der Waals surface area contributed by atoms with Crippen molar-refractivity contribution < 1.29 is 18.3 Å². The van der Waals surface area contributed by atoms with Gasteiger partial charge in [-0.25, -0.2) is 9.67 Å². The van der Waals surface area contributed by atoms with Crippen LogP contribution < -0.4 is 0 Å². The van der Waals surface area contributed by atoms with Gasteiger partial charge in [0.15, 0.2) is 5.82 Å².